The lowest BCUT2D eigenvalue weighted by Gasteiger charge is -2.10. The first-order chi connectivity index (χ1) is 8.40. The molecular formula is C11H15BrN4O2. The fourth-order valence-electron chi connectivity index (χ4n) is 1.26. The van der Waals surface area contributed by atoms with Gasteiger partial charge in [0.2, 0.25) is 5.91 Å². The predicted molar refractivity (Wildman–Crippen MR) is 72.0 cm³/mol. The SMILES string of the molecule is CC(C)NC(=O)CNC(=O)c1cc(Br)cnc1N. The largest absolute Gasteiger partial charge is 0.383 e. The van der Waals surface area contributed by atoms with Gasteiger partial charge in [-0.3, -0.25) is 9.59 Å². The van der Waals surface area contributed by atoms with Crippen molar-refractivity contribution in [2.45, 2.75) is 19.9 Å². The Morgan fingerprint density at radius 3 is 2.78 bits per heavy atom. The molecule has 0 aliphatic heterocycles. The van der Waals surface area contributed by atoms with E-state index in [4.69, 9.17) is 5.73 Å². The van der Waals surface area contributed by atoms with Crippen LogP contribution in [0, 0.1) is 0 Å². The summed E-state index contributed by atoms with van der Waals surface area (Å²) in [6, 6.07) is 1.59. The molecule has 0 spiro atoms. The summed E-state index contributed by atoms with van der Waals surface area (Å²) in [7, 11) is 0. The molecule has 0 bridgehead atoms. The standard InChI is InChI=1S/C11H15BrN4O2/c1-6(2)16-9(17)5-15-11(18)8-3-7(12)4-14-10(8)13/h3-4,6H,5H2,1-2H3,(H2,13,14)(H,15,18)(H,16,17). The summed E-state index contributed by atoms with van der Waals surface area (Å²) in [4.78, 5) is 27.0. The zero-order chi connectivity index (χ0) is 13.7. The first-order valence-electron chi connectivity index (χ1n) is 5.38. The van der Waals surface area contributed by atoms with Crippen LogP contribution in [-0.2, 0) is 4.79 Å². The lowest BCUT2D eigenvalue weighted by Crippen LogP contribution is -2.40. The smallest absolute Gasteiger partial charge is 0.255 e. The van der Waals surface area contributed by atoms with Gasteiger partial charge in [-0.2, -0.15) is 0 Å². The van der Waals surface area contributed by atoms with Crippen molar-refractivity contribution >= 4 is 33.6 Å². The highest BCUT2D eigenvalue weighted by Gasteiger charge is 2.12. The molecule has 0 aliphatic carbocycles. The molecular weight excluding hydrogens is 300 g/mol. The minimum atomic E-state index is -0.430. The number of nitrogens with one attached hydrogen (secondary N) is 2. The summed E-state index contributed by atoms with van der Waals surface area (Å²) in [5.74, 6) is -0.556. The van der Waals surface area contributed by atoms with E-state index in [1.165, 1.54) is 6.20 Å². The number of anilines is 1. The lowest BCUT2D eigenvalue weighted by molar-refractivity contribution is -0.120. The van der Waals surface area contributed by atoms with E-state index < -0.39 is 5.91 Å². The van der Waals surface area contributed by atoms with Gasteiger partial charge in [0, 0.05) is 16.7 Å². The minimum Gasteiger partial charge on any atom is -0.383 e. The Morgan fingerprint density at radius 1 is 1.50 bits per heavy atom. The summed E-state index contributed by atoms with van der Waals surface area (Å²) in [6.45, 7) is 3.59. The molecule has 0 saturated heterocycles. The van der Waals surface area contributed by atoms with E-state index >= 15 is 0 Å². The van der Waals surface area contributed by atoms with Crippen molar-refractivity contribution in [3.63, 3.8) is 0 Å². The highest BCUT2D eigenvalue weighted by Crippen LogP contribution is 2.15. The Hall–Kier alpha value is -1.63. The number of carbonyl (C=O) groups is 2. The Labute approximate surface area is 113 Å². The van der Waals surface area contributed by atoms with Gasteiger partial charge in [0.15, 0.2) is 0 Å². The first kappa shape index (κ1) is 14.4. The maximum absolute atomic E-state index is 11.8. The molecule has 0 aliphatic rings. The number of hydrogen-bond acceptors (Lipinski definition) is 4. The summed E-state index contributed by atoms with van der Waals surface area (Å²) < 4.78 is 0.647. The van der Waals surface area contributed by atoms with Crippen molar-refractivity contribution in [1.82, 2.24) is 15.6 Å². The second-order valence-electron chi connectivity index (χ2n) is 3.99. The molecule has 1 rings (SSSR count). The molecule has 7 heteroatoms. The molecule has 0 unspecified atom stereocenters. The summed E-state index contributed by atoms with van der Waals surface area (Å²) in [5, 5.41) is 5.15. The molecule has 4 N–H and O–H groups in total. The Kier molecular flexibility index (Phi) is 5.08. The van der Waals surface area contributed by atoms with Crippen LogP contribution in [0.2, 0.25) is 0 Å². The summed E-state index contributed by atoms with van der Waals surface area (Å²) in [5.41, 5.74) is 5.82. The van der Waals surface area contributed by atoms with Gasteiger partial charge in [-0.1, -0.05) is 0 Å². The Balaban J connectivity index is 2.60. The zero-order valence-electron chi connectivity index (χ0n) is 10.2. The van der Waals surface area contributed by atoms with Crippen molar-refractivity contribution in [1.29, 1.82) is 0 Å². The van der Waals surface area contributed by atoms with Crippen LogP contribution in [-0.4, -0.2) is 29.4 Å². The van der Waals surface area contributed by atoms with Crippen LogP contribution in [0.5, 0.6) is 0 Å². The molecule has 1 aromatic heterocycles. The van der Waals surface area contributed by atoms with Crippen molar-refractivity contribution < 1.29 is 9.59 Å². The number of halogens is 1. The molecule has 1 aromatic rings. The third kappa shape index (κ3) is 4.33. The zero-order valence-corrected chi connectivity index (χ0v) is 11.7. The lowest BCUT2D eigenvalue weighted by atomic mass is 10.2. The number of rotatable bonds is 4. The quantitative estimate of drug-likeness (QED) is 0.761. The van der Waals surface area contributed by atoms with Crippen LogP contribution in [0.25, 0.3) is 0 Å². The van der Waals surface area contributed by atoms with Crippen molar-refractivity contribution in [3.8, 4) is 0 Å². The number of nitrogen functional groups attached to an aromatic ring is 1. The topological polar surface area (TPSA) is 97.1 Å². The maximum Gasteiger partial charge on any atom is 0.255 e. The van der Waals surface area contributed by atoms with E-state index in [2.05, 4.69) is 31.5 Å². The van der Waals surface area contributed by atoms with E-state index in [0.717, 1.165) is 0 Å². The molecule has 2 amide bonds. The molecule has 0 fully saturated rings. The molecule has 18 heavy (non-hydrogen) atoms. The van der Waals surface area contributed by atoms with Gasteiger partial charge in [0.1, 0.15) is 5.82 Å². The number of nitrogens with zero attached hydrogens (tertiary/aromatic N) is 1. The van der Waals surface area contributed by atoms with Crippen LogP contribution >= 0.6 is 15.9 Å². The molecule has 1 heterocycles. The van der Waals surface area contributed by atoms with E-state index in [1.807, 2.05) is 13.8 Å². The molecule has 0 aromatic carbocycles. The average Bonchev–Trinajstić information content (AvgIpc) is 2.28. The van der Waals surface area contributed by atoms with E-state index in [-0.39, 0.29) is 29.9 Å². The number of hydrogen-bond donors (Lipinski definition) is 3. The Bertz CT molecular complexity index is 462. The van der Waals surface area contributed by atoms with Crippen molar-refractivity contribution in [2.75, 3.05) is 12.3 Å². The molecule has 0 radical (unpaired) electrons. The van der Waals surface area contributed by atoms with Crippen LogP contribution in [0.15, 0.2) is 16.7 Å². The van der Waals surface area contributed by atoms with Crippen molar-refractivity contribution in [2.24, 2.45) is 0 Å². The molecule has 98 valence electrons. The number of carbonyl (C=O) groups excluding carboxylic acids is 2. The fraction of sp³-hybridized carbons (Fsp3) is 0.364. The third-order valence-corrected chi connectivity index (χ3v) is 2.42. The van der Waals surface area contributed by atoms with Crippen LogP contribution in [0.1, 0.15) is 24.2 Å². The van der Waals surface area contributed by atoms with Gasteiger partial charge in [0.25, 0.3) is 5.91 Å². The Morgan fingerprint density at radius 2 is 2.17 bits per heavy atom. The highest BCUT2D eigenvalue weighted by atomic mass is 79.9. The second-order valence-corrected chi connectivity index (χ2v) is 4.91. The van der Waals surface area contributed by atoms with Crippen LogP contribution < -0.4 is 16.4 Å². The first-order valence-corrected chi connectivity index (χ1v) is 6.18. The van der Waals surface area contributed by atoms with Crippen LogP contribution in [0.4, 0.5) is 5.82 Å². The number of aromatic nitrogens is 1. The monoisotopic (exact) mass is 314 g/mol. The summed E-state index contributed by atoms with van der Waals surface area (Å²) in [6.07, 6.45) is 1.50. The number of amides is 2. The van der Waals surface area contributed by atoms with Gasteiger partial charge < -0.3 is 16.4 Å². The minimum absolute atomic E-state index is 0.0343. The predicted octanol–water partition coefficient (Wildman–Crippen LogP) is 0.681. The van der Waals surface area contributed by atoms with E-state index in [1.54, 1.807) is 6.07 Å². The summed E-state index contributed by atoms with van der Waals surface area (Å²) >= 11 is 3.20. The molecule has 0 atom stereocenters. The van der Waals surface area contributed by atoms with Crippen molar-refractivity contribution in [3.05, 3.63) is 22.3 Å². The molecule has 0 saturated carbocycles. The van der Waals surface area contributed by atoms with Crippen LogP contribution in [0.3, 0.4) is 0 Å². The van der Waals surface area contributed by atoms with Gasteiger partial charge in [0.05, 0.1) is 12.1 Å². The second kappa shape index (κ2) is 6.34. The van der Waals surface area contributed by atoms with Gasteiger partial charge in [-0.15, -0.1) is 0 Å². The van der Waals surface area contributed by atoms with Gasteiger partial charge in [-0.25, -0.2) is 4.98 Å². The number of nitrogens with two attached hydrogens (primary N) is 1. The van der Waals surface area contributed by atoms with Gasteiger partial charge >= 0.3 is 0 Å². The number of pyridine rings is 1. The third-order valence-electron chi connectivity index (χ3n) is 1.99. The maximum atomic E-state index is 11.8. The van der Waals surface area contributed by atoms with Gasteiger partial charge in [-0.05, 0) is 35.8 Å². The normalized spacial score (nSPS) is 10.2. The average molecular weight is 315 g/mol. The fourth-order valence-corrected chi connectivity index (χ4v) is 1.59. The highest BCUT2D eigenvalue weighted by molar-refractivity contribution is 9.10. The van der Waals surface area contributed by atoms with E-state index in [9.17, 15) is 9.59 Å². The van der Waals surface area contributed by atoms with E-state index in [0.29, 0.717) is 4.47 Å². The molecule has 6 nitrogen and oxygen atoms in total.